The Morgan fingerprint density at radius 2 is 1.83 bits per heavy atom. The molecule has 3 rings (SSSR count). The summed E-state index contributed by atoms with van der Waals surface area (Å²) < 4.78 is 0. The SMILES string of the molecule is NC1CCCC(C(=O)N2CCC3CCCCC32)C1. The Bertz CT molecular complexity index is 318. The number of carbonyl (C=O) groups is 1. The molecule has 2 aliphatic carbocycles. The molecule has 0 spiro atoms. The second kappa shape index (κ2) is 5.20. The van der Waals surface area contributed by atoms with Crippen molar-refractivity contribution in [3.8, 4) is 0 Å². The number of fused-ring (bicyclic) bond motifs is 1. The maximum absolute atomic E-state index is 12.7. The number of nitrogens with two attached hydrogens (primary N) is 1. The van der Waals surface area contributed by atoms with E-state index in [2.05, 4.69) is 4.90 Å². The quantitative estimate of drug-likeness (QED) is 0.776. The number of nitrogens with zero attached hydrogens (tertiary/aromatic N) is 1. The van der Waals surface area contributed by atoms with E-state index in [-0.39, 0.29) is 12.0 Å². The van der Waals surface area contributed by atoms with E-state index in [1.165, 1.54) is 32.1 Å². The van der Waals surface area contributed by atoms with Crippen LogP contribution >= 0.6 is 0 Å². The molecule has 2 saturated carbocycles. The number of carbonyl (C=O) groups excluding carboxylic acids is 1. The standard InChI is InChI=1S/C15H26N2O/c16-13-6-3-5-12(10-13)15(18)17-9-8-11-4-1-2-7-14(11)17/h11-14H,1-10,16H2. The van der Waals surface area contributed by atoms with Crippen molar-refractivity contribution < 1.29 is 4.79 Å². The van der Waals surface area contributed by atoms with Crippen LogP contribution in [0.1, 0.15) is 57.8 Å². The van der Waals surface area contributed by atoms with Gasteiger partial charge < -0.3 is 10.6 Å². The van der Waals surface area contributed by atoms with Crippen LogP contribution in [0, 0.1) is 11.8 Å². The fraction of sp³-hybridized carbons (Fsp3) is 0.933. The molecular formula is C15H26N2O. The lowest BCUT2D eigenvalue weighted by atomic mass is 9.83. The summed E-state index contributed by atoms with van der Waals surface area (Å²) >= 11 is 0. The average molecular weight is 250 g/mol. The van der Waals surface area contributed by atoms with Crippen LogP contribution in [-0.2, 0) is 4.79 Å². The molecule has 3 aliphatic rings. The molecule has 102 valence electrons. The normalized spacial score (nSPS) is 40.6. The van der Waals surface area contributed by atoms with Crippen molar-refractivity contribution in [3.05, 3.63) is 0 Å². The number of hydrogen-bond acceptors (Lipinski definition) is 2. The summed E-state index contributed by atoms with van der Waals surface area (Å²) in [6, 6.07) is 0.835. The minimum absolute atomic E-state index is 0.231. The van der Waals surface area contributed by atoms with E-state index in [1.54, 1.807) is 0 Å². The Hall–Kier alpha value is -0.570. The van der Waals surface area contributed by atoms with Crippen molar-refractivity contribution in [1.82, 2.24) is 4.90 Å². The van der Waals surface area contributed by atoms with Gasteiger partial charge in [0.05, 0.1) is 0 Å². The molecule has 0 aromatic carbocycles. The highest BCUT2D eigenvalue weighted by molar-refractivity contribution is 5.79. The Kier molecular flexibility index (Phi) is 3.60. The monoisotopic (exact) mass is 250 g/mol. The lowest BCUT2D eigenvalue weighted by molar-refractivity contribution is -0.138. The zero-order valence-electron chi connectivity index (χ0n) is 11.3. The van der Waals surface area contributed by atoms with Crippen LogP contribution in [0.2, 0.25) is 0 Å². The summed E-state index contributed by atoms with van der Waals surface area (Å²) in [5, 5.41) is 0. The van der Waals surface area contributed by atoms with Crippen molar-refractivity contribution in [3.63, 3.8) is 0 Å². The molecule has 1 saturated heterocycles. The molecule has 0 aromatic heterocycles. The maximum atomic E-state index is 12.7. The Morgan fingerprint density at radius 3 is 2.67 bits per heavy atom. The van der Waals surface area contributed by atoms with Gasteiger partial charge in [0.25, 0.3) is 0 Å². The van der Waals surface area contributed by atoms with Gasteiger partial charge in [-0.15, -0.1) is 0 Å². The molecule has 4 unspecified atom stereocenters. The van der Waals surface area contributed by atoms with Crippen LogP contribution in [-0.4, -0.2) is 29.4 Å². The fourth-order valence-corrected chi connectivity index (χ4v) is 4.37. The molecule has 4 atom stereocenters. The molecule has 0 radical (unpaired) electrons. The third kappa shape index (κ3) is 2.29. The van der Waals surface area contributed by atoms with Gasteiger partial charge in [0.1, 0.15) is 0 Å². The summed E-state index contributed by atoms with van der Waals surface area (Å²) in [5.41, 5.74) is 6.02. The predicted octanol–water partition coefficient (Wildman–Crippen LogP) is 2.29. The zero-order valence-corrected chi connectivity index (χ0v) is 11.3. The van der Waals surface area contributed by atoms with E-state index >= 15 is 0 Å². The van der Waals surface area contributed by atoms with Gasteiger partial charge in [0.2, 0.25) is 5.91 Å². The first-order valence-corrected chi connectivity index (χ1v) is 7.82. The van der Waals surface area contributed by atoms with Crippen molar-refractivity contribution in [2.24, 2.45) is 17.6 Å². The minimum atomic E-state index is 0.231. The van der Waals surface area contributed by atoms with Crippen molar-refractivity contribution in [2.45, 2.75) is 69.9 Å². The summed E-state index contributed by atoms with van der Waals surface area (Å²) in [7, 11) is 0. The Labute approximate surface area is 110 Å². The summed E-state index contributed by atoms with van der Waals surface area (Å²) in [6.45, 7) is 1.01. The van der Waals surface area contributed by atoms with Gasteiger partial charge in [-0.25, -0.2) is 0 Å². The lowest BCUT2D eigenvalue weighted by Crippen LogP contribution is -2.44. The van der Waals surface area contributed by atoms with Gasteiger partial charge in [-0.3, -0.25) is 4.79 Å². The molecule has 0 bridgehead atoms. The largest absolute Gasteiger partial charge is 0.339 e. The summed E-state index contributed by atoms with van der Waals surface area (Å²) in [6.07, 6.45) is 10.8. The predicted molar refractivity (Wildman–Crippen MR) is 72.0 cm³/mol. The van der Waals surface area contributed by atoms with E-state index in [4.69, 9.17) is 5.73 Å². The van der Waals surface area contributed by atoms with Crippen LogP contribution in [0.4, 0.5) is 0 Å². The van der Waals surface area contributed by atoms with Gasteiger partial charge in [0.15, 0.2) is 0 Å². The molecule has 18 heavy (non-hydrogen) atoms. The topological polar surface area (TPSA) is 46.3 Å². The lowest BCUT2D eigenvalue weighted by Gasteiger charge is -2.35. The fourth-order valence-electron chi connectivity index (χ4n) is 4.37. The van der Waals surface area contributed by atoms with E-state index in [0.717, 1.165) is 38.1 Å². The van der Waals surface area contributed by atoms with Crippen LogP contribution in [0.3, 0.4) is 0 Å². The first-order valence-electron chi connectivity index (χ1n) is 7.82. The van der Waals surface area contributed by atoms with Crippen molar-refractivity contribution in [1.29, 1.82) is 0 Å². The third-order valence-electron chi connectivity index (χ3n) is 5.36. The molecule has 1 aliphatic heterocycles. The first-order chi connectivity index (χ1) is 8.75. The minimum Gasteiger partial charge on any atom is -0.339 e. The molecule has 3 nitrogen and oxygen atoms in total. The van der Waals surface area contributed by atoms with Gasteiger partial charge in [-0.2, -0.15) is 0 Å². The molecule has 1 amide bonds. The van der Waals surface area contributed by atoms with Crippen LogP contribution in [0.5, 0.6) is 0 Å². The summed E-state index contributed by atoms with van der Waals surface area (Å²) in [4.78, 5) is 14.9. The molecule has 0 aromatic rings. The zero-order chi connectivity index (χ0) is 12.5. The molecule has 2 N–H and O–H groups in total. The number of rotatable bonds is 1. The molecular weight excluding hydrogens is 224 g/mol. The van der Waals surface area contributed by atoms with E-state index in [1.807, 2.05) is 0 Å². The Balaban J connectivity index is 1.65. The number of amides is 1. The second-order valence-electron chi connectivity index (χ2n) is 6.56. The van der Waals surface area contributed by atoms with E-state index < -0.39 is 0 Å². The van der Waals surface area contributed by atoms with Crippen LogP contribution < -0.4 is 5.73 Å². The van der Waals surface area contributed by atoms with Crippen molar-refractivity contribution in [2.75, 3.05) is 6.54 Å². The highest BCUT2D eigenvalue weighted by Crippen LogP contribution is 2.38. The van der Waals surface area contributed by atoms with Gasteiger partial charge in [-0.05, 0) is 44.4 Å². The van der Waals surface area contributed by atoms with E-state index in [0.29, 0.717) is 11.9 Å². The Morgan fingerprint density at radius 1 is 1.00 bits per heavy atom. The van der Waals surface area contributed by atoms with Gasteiger partial charge >= 0.3 is 0 Å². The highest BCUT2D eigenvalue weighted by Gasteiger charge is 2.40. The van der Waals surface area contributed by atoms with Gasteiger partial charge in [-0.1, -0.05) is 19.3 Å². The average Bonchev–Trinajstić information content (AvgIpc) is 2.82. The highest BCUT2D eigenvalue weighted by atomic mass is 16.2. The third-order valence-corrected chi connectivity index (χ3v) is 5.36. The smallest absolute Gasteiger partial charge is 0.225 e. The number of likely N-dealkylation sites (tertiary alicyclic amines) is 1. The first kappa shape index (κ1) is 12.5. The van der Waals surface area contributed by atoms with Gasteiger partial charge in [0, 0.05) is 24.5 Å². The summed E-state index contributed by atoms with van der Waals surface area (Å²) in [5.74, 6) is 1.47. The number of hydrogen-bond donors (Lipinski definition) is 1. The van der Waals surface area contributed by atoms with Crippen LogP contribution in [0.15, 0.2) is 0 Å². The van der Waals surface area contributed by atoms with Crippen LogP contribution in [0.25, 0.3) is 0 Å². The van der Waals surface area contributed by atoms with Crippen molar-refractivity contribution >= 4 is 5.91 Å². The molecule has 3 heteroatoms. The second-order valence-corrected chi connectivity index (χ2v) is 6.56. The van der Waals surface area contributed by atoms with E-state index in [9.17, 15) is 4.79 Å². The molecule has 3 fully saturated rings. The maximum Gasteiger partial charge on any atom is 0.225 e. The molecule has 1 heterocycles.